The average molecular weight is 453 g/mol. The Morgan fingerprint density at radius 3 is 2.39 bits per heavy atom. The highest BCUT2D eigenvalue weighted by atomic mass is 79.9. The molecule has 9 heteroatoms. The van der Waals surface area contributed by atoms with Crippen molar-refractivity contribution in [3.63, 3.8) is 0 Å². The van der Waals surface area contributed by atoms with Gasteiger partial charge in [0.25, 0.3) is 0 Å². The van der Waals surface area contributed by atoms with E-state index in [1.807, 2.05) is 0 Å². The number of fused-ring (bicyclic) bond motifs is 1. The van der Waals surface area contributed by atoms with Crippen molar-refractivity contribution < 1.29 is 19.1 Å². The van der Waals surface area contributed by atoms with Crippen molar-refractivity contribution in [1.82, 2.24) is 16.1 Å². The summed E-state index contributed by atoms with van der Waals surface area (Å²) in [6, 6.07) is 3.41. The lowest BCUT2D eigenvalue weighted by Gasteiger charge is -2.46. The van der Waals surface area contributed by atoms with E-state index in [-0.39, 0.29) is 23.9 Å². The molecule has 0 atom stereocenters. The van der Waals surface area contributed by atoms with Crippen LogP contribution in [-0.4, -0.2) is 41.9 Å². The Labute approximate surface area is 172 Å². The summed E-state index contributed by atoms with van der Waals surface area (Å²) in [5.74, 6) is -0.257. The number of hydrogen-bond donors (Lipinski definition) is 3. The number of benzene rings is 1. The normalized spacial score (nSPS) is 20.2. The smallest absolute Gasteiger partial charge is 0.329 e. The van der Waals surface area contributed by atoms with Gasteiger partial charge in [0, 0.05) is 27.2 Å². The zero-order valence-electron chi connectivity index (χ0n) is 16.4. The van der Waals surface area contributed by atoms with Crippen LogP contribution in [0.2, 0.25) is 0 Å². The zero-order chi connectivity index (χ0) is 20.5. The SMILES string of the molecule is CC1(C)CC(NC(=O)C(=O)N/N=C/c2cc3c(cc2Br)OCO3)CC(C)(C)N1. The molecular formula is C19H25BrN4O4. The summed E-state index contributed by atoms with van der Waals surface area (Å²) in [6.45, 7) is 8.51. The molecule has 152 valence electrons. The molecule has 3 N–H and O–H groups in total. The van der Waals surface area contributed by atoms with Gasteiger partial charge in [0.05, 0.1) is 6.21 Å². The number of ether oxygens (including phenoxy) is 2. The summed E-state index contributed by atoms with van der Waals surface area (Å²) in [7, 11) is 0. The van der Waals surface area contributed by atoms with Crippen LogP contribution in [0.15, 0.2) is 21.7 Å². The first-order chi connectivity index (χ1) is 13.0. The topological polar surface area (TPSA) is 101 Å². The van der Waals surface area contributed by atoms with E-state index in [9.17, 15) is 9.59 Å². The molecule has 0 aromatic heterocycles. The molecular weight excluding hydrogens is 428 g/mol. The third-order valence-corrected chi connectivity index (χ3v) is 5.28. The second-order valence-electron chi connectivity index (χ2n) is 8.40. The van der Waals surface area contributed by atoms with Crippen LogP contribution in [0.4, 0.5) is 0 Å². The van der Waals surface area contributed by atoms with Gasteiger partial charge in [-0.2, -0.15) is 5.10 Å². The second kappa shape index (κ2) is 7.71. The Kier molecular flexibility index (Phi) is 5.67. The van der Waals surface area contributed by atoms with Crippen molar-refractivity contribution in [1.29, 1.82) is 0 Å². The number of hydrogen-bond acceptors (Lipinski definition) is 6. The van der Waals surface area contributed by atoms with Gasteiger partial charge in [-0.15, -0.1) is 0 Å². The van der Waals surface area contributed by atoms with Gasteiger partial charge >= 0.3 is 11.8 Å². The summed E-state index contributed by atoms with van der Waals surface area (Å²) < 4.78 is 11.3. The van der Waals surface area contributed by atoms with Crippen LogP contribution < -0.4 is 25.5 Å². The predicted octanol–water partition coefficient (Wildman–Crippen LogP) is 2.05. The van der Waals surface area contributed by atoms with Crippen LogP contribution in [0.5, 0.6) is 11.5 Å². The number of carbonyl (C=O) groups is 2. The molecule has 1 aromatic rings. The van der Waals surface area contributed by atoms with E-state index < -0.39 is 11.8 Å². The van der Waals surface area contributed by atoms with Gasteiger partial charge < -0.3 is 20.1 Å². The van der Waals surface area contributed by atoms with Gasteiger partial charge in [-0.3, -0.25) is 9.59 Å². The fourth-order valence-corrected chi connectivity index (χ4v) is 4.34. The van der Waals surface area contributed by atoms with E-state index in [0.717, 1.165) is 17.3 Å². The van der Waals surface area contributed by atoms with E-state index in [4.69, 9.17) is 9.47 Å². The van der Waals surface area contributed by atoms with Crippen molar-refractivity contribution >= 4 is 34.0 Å². The lowest BCUT2D eigenvalue weighted by Crippen LogP contribution is -2.62. The van der Waals surface area contributed by atoms with Crippen molar-refractivity contribution in [3.05, 3.63) is 22.2 Å². The van der Waals surface area contributed by atoms with Crippen LogP contribution in [0.1, 0.15) is 46.1 Å². The largest absolute Gasteiger partial charge is 0.454 e. The lowest BCUT2D eigenvalue weighted by atomic mass is 9.79. The zero-order valence-corrected chi connectivity index (χ0v) is 18.0. The molecule has 0 aliphatic carbocycles. The maximum Gasteiger partial charge on any atom is 0.329 e. The molecule has 1 fully saturated rings. The Hall–Kier alpha value is -2.13. The summed E-state index contributed by atoms with van der Waals surface area (Å²) in [6.07, 6.45) is 2.92. The van der Waals surface area contributed by atoms with E-state index in [2.05, 4.69) is 64.8 Å². The number of hydrazone groups is 1. The average Bonchev–Trinajstić information content (AvgIpc) is 2.98. The molecule has 2 amide bonds. The quantitative estimate of drug-likeness (QED) is 0.370. The number of carbonyl (C=O) groups excluding carboxylic acids is 2. The van der Waals surface area contributed by atoms with Crippen LogP contribution in [0.25, 0.3) is 0 Å². The van der Waals surface area contributed by atoms with Gasteiger partial charge in [0.2, 0.25) is 6.79 Å². The molecule has 0 radical (unpaired) electrons. The molecule has 28 heavy (non-hydrogen) atoms. The van der Waals surface area contributed by atoms with E-state index in [0.29, 0.717) is 17.1 Å². The summed E-state index contributed by atoms with van der Waals surface area (Å²) >= 11 is 3.41. The Morgan fingerprint density at radius 2 is 1.75 bits per heavy atom. The third kappa shape index (κ3) is 5.02. The van der Waals surface area contributed by atoms with E-state index in [1.165, 1.54) is 6.21 Å². The second-order valence-corrected chi connectivity index (χ2v) is 9.25. The van der Waals surface area contributed by atoms with Crippen molar-refractivity contribution in [3.8, 4) is 11.5 Å². The molecule has 0 bridgehead atoms. The molecule has 1 saturated heterocycles. The number of amides is 2. The van der Waals surface area contributed by atoms with Crippen molar-refractivity contribution in [2.75, 3.05) is 6.79 Å². The fourth-order valence-electron chi connectivity index (χ4n) is 3.92. The number of piperidine rings is 1. The van der Waals surface area contributed by atoms with Crippen LogP contribution in [-0.2, 0) is 9.59 Å². The number of nitrogens with one attached hydrogen (secondary N) is 3. The highest BCUT2D eigenvalue weighted by Gasteiger charge is 2.38. The first-order valence-corrected chi connectivity index (χ1v) is 9.86. The van der Waals surface area contributed by atoms with Crippen LogP contribution in [0.3, 0.4) is 0 Å². The van der Waals surface area contributed by atoms with Crippen LogP contribution in [0, 0.1) is 0 Å². The first kappa shape index (κ1) is 20.6. The summed E-state index contributed by atoms with van der Waals surface area (Å²) in [5, 5.41) is 10.2. The number of nitrogens with zero attached hydrogens (tertiary/aromatic N) is 1. The molecule has 2 heterocycles. The fraction of sp³-hybridized carbons (Fsp3) is 0.526. The molecule has 0 spiro atoms. The van der Waals surface area contributed by atoms with Gasteiger partial charge in [-0.05, 0) is 68.6 Å². The lowest BCUT2D eigenvalue weighted by molar-refractivity contribution is -0.140. The molecule has 0 saturated carbocycles. The Balaban J connectivity index is 1.56. The molecule has 2 aliphatic rings. The van der Waals surface area contributed by atoms with Crippen molar-refractivity contribution in [2.45, 2.75) is 57.7 Å². The predicted molar refractivity (Wildman–Crippen MR) is 108 cm³/mol. The minimum absolute atomic E-state index is 0.0866. The number of halogens is 1. The van der Waals surface area contributed by atoms with Gasteiger partial charge in [0.15, 0.2) is 11.5 Å². The molecule has 0 unspecified atom stereocenters. The molecule has 1 aromatic carbocycles. The van der Waals surface area contributed by atoms with Crippen molar-refractivity contribution in [2.24, 2.45) is 5.10 Å². The van der Waals surface area contributed by atoms with Crippen LogP contribution >= 0.6 is 15.9 Å². The van der Waals surface area contributed by atoms with E-state index >= 15 is 0 Å². The first-order valence-electron chi connectivity index (χ1n) is 9.07. The highest BCUT2D eigenvalue weighted by Crippen LogP contribution is 2.36. The highest BCUT2D eigenvalue weighted by molar-refractivity contribution is 9.10. The minimum Gasteiger partial charge on any atom is -0.454 e. The van der Waals surface area contributed by atoms with Gasteiger partial charge in [0.1, 0.15) is 0 Å². The monoisotopic (exact) mass is 452 g/mol. The number of rotatable bonds is 3. The Morgan fingerprint density at radius 1 is 1.14 bits per heavy atom. The summed E-state index contributed by atoms with van der Waals surface area (Å²) in [4.78, 5) is 24.3. The van der Waals surface area contributed by atoms with Gasteiger partial charge in [-0.1, -0.05) is 0 Å². The maximum atomic E-state index is 12.2. The standard InChI is InChI=1S/C19H25BrN4O4/c1-18(2)7-12(8-19(3,4)24-18)22-16(25)17(26)23-21-9-11-5-14-15(6-13(11)20)28-10-27-14/h5-6,9,12,24H,7-8,10H2,1-4H3,(H,22,25)(H,23,26)/b21-9+. The molecule has 2 aliphatic heterocycles. The summed E-state index contributed by atoms with van der Waals surface area (Å²) in [5.41, 5.74) is 2.70. The van der Waals surface area contributed by atoms with Gasteiger partial charge in [-0.25, -0.2) is 5.43 Å². The third-order valence-electron chi connectivity index (χ3n) is 4.59. The Bertz CT molecular complexity index is 806. The molecule has 8 nitrogen and oxygen atoms in total. The molecule has 3 rings (SSSR count). The maximum absolute atomic E-state index is 12.2. The minimum atomic E-state index is -0.803. The van der Waals surface area contributed by atoms with E-state index in [1.54, 1.807) is 12.1 Å².